The van der Waals surface area contributed by atoms with Crippen LogP contribution in [0.3, 0.4) is 0 Å². The first kappa shape index (κ1) is 13.0. The molecule has 2 nitrogen and oxygen atoms in total. The van der Waals surface area contributed by atoms with Crippen LogP contribution in [0.1, 0.15) is 24.0 Å². The van der Waals surface area contributed by atoms with Crippen LogP contribution in [-0.4, -0.2) is 29.6 Å². The molecule has 3 saturated heterocycles. The van der Waals surface area contributed by atoms with E-state index in [1.165, 1.54) is 25.9 Å². The molecule has 3 fully saturated rings. The highest BCUT2D eigenvalue weighted by atomic mass is 32.1. The highest BCUT2D eigenvalue weighted by Crippen LogP contribution is 2.47. The largest absolute Gasteiger partial charge is 0.380 e. The molecule has 2 bridgehead atoms. The monoisotopic (exact) mass is 305 g/mol. The molecule has 0 saturated carbocycles. The summed E-state index contributed by atoms with van der Waals surface area (Å²) in [6, 6.07) is 4.19. The number of piperidine rings is 3. The van der Waals surface area contributed by atoms with E-state index in [2.05, 4.69) is 38.6 Å². The van der Waals surface area contributed by atoms with Crippen LogP contribution in [-0.2, 0) is 5.60 Å². The molecule has 0 aliphatic carbocycles. The van der Waals surface area contributed by atoms with E-state index in [4.69, 9.17) is 0 Å². The quantitative estimate of drug-likeness (QED) is 0.939. The van der Waals surface area contributed by atoms with Gasteiger partial charge in [-0.15, -0.1) is 0 Å². The van der Waals surface area contributed by atoms with E-state index in [0.717, 1.165) is 17.7 Å². The van der Waals surface area contributed by atoms with Crippen molar-refractivity contribution in [2.24, 2.45) is 11.8 Å². The van der Waals surface area contributed by atoms with E-state index < -0.39 is 5.60 Å². The number of rotatable bonds is 3. The zero-order valence-electron chi connectivity index (χ0n) is 11.4. The van der Waals surface area contributed by atoms with Gasteiger partial charge in [0.1, 0.15) is 5.60 Å². The Morgan fingerprint density at radius 1 is 1.05 bits per heavy atom. The molecular formula is C16H19NOS2. The molecule has 0 unspecified atom stereocenters. The average Bonchev–Trinajstić information content (AvgIpc) is 3.21. The normalized spacial score (nSPS) is 29.8. The number of aliphatic hydroxyl groups is 1. The molecule has 0 amide bonds. The molecule has 1 N–H and O–H groups in total. The molecule has 2 aromatic rings. The third-order valence-corrected chi connectivity index (χ3v) is 6.48. The summed E-state index contributed by atoms with van der Waals surface area (Å²) in [5.74, 6) is 0.985. The van der Waals surface area contributed by atoms with Crippen molar-refractivity contribution < 1.29 is 5.11 Å². The van der Waals surface area contributed by atoms with E-state index in [-0.39, 0.29) is 0 Å². The molecule has 0 spiro atoms. The van der Waals surface area contributed by atoms with Gasteiger partial charge in [-0.3, -0.25) is 0 Å². The van der Waals surface area contributed by atoms with E-state index in [1.807, 2.05) is 0 Å². The van der Waals surface area contributed by atoms with Crippen LogP contribution in [0.4, 0.5) is 0 Å². The van der Waals surface area contributed by atoms with Crippen molar-refractivity contribution in [3.8, 4) is 0 Å². The standard InChI is InChI=1S/C16H19NOS2/c18-16(13-3-7-19-10-13,14-4-8-20-11-14)15-9-17-5-1-12(15)2-6-17/h3-4,7-8,10-12,15,18H,1-2,5-6,9H2/t15-/m1/s1. The molecule has 20 heavy (non-hydrogen) atoms. The molecule has 0 radical (unpaired) electrons. The van der Waals surface area contributed by atoms with Gasteiger partial charge in [0.25, 0.3) is 0 Å². The first-order valence-corrected chi connectivity index (χ1v) is 9.17. The lowest BCUT2D eigenvalue weighted by molar-refractivity contribution is -0.0760. The highest BCUT2D eigenvalue weighted by Gasteiger charge is 2.48. The average molecular weight is 305 g/mol. The number of nitrogens with zero attached hydrogens (tertiary/aromatic N) is 1. The maximum absolute atomic E-state index is 11.7. The molecule has 106 valence electrons. The van der Waals surface area contributed by atoms with Crippen LogP contribution in [0.25, 0.3) is 0 Å². The first-order chi connectivity index (χ1) is 9.78. The molecule has 0 aromatic carbocycles. The van der Waals surface area contributed by atoms with Gasteiger partial charge >= 0.3 is 0 Å². The van der Waals surface area contributed by atoms with Crippen LogP contribution in [0.2, 0.25) is 0 Å². The van der Waals surface area contributed by atoms with E-state index >= 15 is 0 Å². The topological polar surface area (TPSA) is 23.5 Å². The van der Waals surface area contributed by atoms with Gasteiger partial charge < -0.3 is 10.0 Å². The summed E-state index contributed by atoms with van der Waals surface area (Å²) in [4.78, 5) is 2.52. The number of fused-ring (bicyclic) bond motifs is 3. The summed E-state index contributed by atoms with van der Waals surface area (Å²) in [5.41, 5.74) is 1.36. The number of hydrogen-bond donors (Lipinski definition) is 1. The number of hydrogen-bond acceptors (Lipinski definition) is 4. The van der Waals surface area contributed by atoms with Crippen LogP contribution < -0.4 is 0 Å². The second kappa shape index (κ2) is 4.95. The van der Waals surface area contributed by atoms with Crippen LogP contribution in [0, 0.1) is 11.8 Å². The minimum Gasteiger partial charge on any atom is -0.380 e. The Hall–Kier alpha value is -0.680. The van der Waals surface area contributed by atoms with Gasteiger partial charge in [0.15, 0.2) is 0 Å². The Bertz CT molecular complexity index is 521. The molecule has 4 heteroatoms. The van der Waals surface area contributed by atoms with Gasteiger partial charge in [-0.2, -0.15) is 22.7 Å². The van der Waals surface area contributed by atoms with E-state index in [9.17, 15) is 5.11 Å². The summed E-state index contributed by atoms with van der Waals surface area (Å²) in [6.45, 7) is 3.46. The fourth-order valence-electron chi connectivity index (χ4n) is 4.00. The first-order valence-electron chi connectivity index (χ1n) is 7.28. The summed E-state index contributed by atoms with van der Waals surface area (Å²) in [6.07, 6.45) is 2.47. The maximum atomic E-state index is 11.7. The third kappa shape index (κ3) is 1.90. The van der Waals surface area contributed by atoms with Crippen molar-refractivity contribution in [1.29, 1.82) is 0 Å². The third-order valence-electron chi connectivity index (χ3n) is 5.12. The van der Waals surface area contributed by atoms with Gasteiger partial charge in [-0.25, -0.2) is 0 Å². The predicted molar refractivity (Wildman–Crippen MR) is 84.3 cm³/mol. The Morgan fingerprint density at radius 2 is 1.65 bits per heavy atom. The Balaban J connectivity index is 1.80. The smallest absolute Gasteiger partial charge is 0.120 e. The highest BCUT2D eigenvalue weighted by molar-refractivity contribution is 7.08. The minimum atomic E-state index is -0.802. The van der Waals surface area contributed by atoms with E-state index in [1.54, 1.807) is 22.7 Å². The van der Waals surface area contributed by atoms with Crippen molar-refractivity contribution >= 4 is 22.7 Å². The Morgan fingerprint density at radius 3 is 2.05 bits per heavy atom. The molecule has 3 aliphatic heterocycles. The van der Waals surface area contributed by atoms with Crippen LogP contribution in [0.5, 0.6) is 0 Å². The van der Waals surface area contributed by atoms with Crippen molar-refractivity contribution in [1.82, 2.24) is 4.90 Å². The Labute approximate surface area is 127 Å². The van der Waals surface area contributed by atoms with Gasteiger partial charge in [-0.1, -0.05) is 0 Å². The minimum absolute atomic E-state index is 0.328. The summed E-state index contributed by atoms with van der Waals surface area (Å²) >= 11 is 3.36. The zero-order valence-corrected chi connectivity index (χ0v) is 13.0. The van der Waals surface area contributed by atoms with E-state index in [0.29, 0.717) is 11.8 Å². The van der Waals surface area contributed by atoms with Crippen LogP contribution in [0.15, 0.2) is 33.7 Å². The van der Waals surface area contributed by atoms with Crippen molar-refractivity contribution in [3.05, 3.63) is 44.8 Å². The fourth-order valence-corrected chi connectivity index (χ4v) is 5.41. The van der Waals surface area contributed by atoms with Gasteiger partial charge in [-0.05, 0) is 76.6 Å². The molecule has 1 atom stereocenters. The van der Waals surface area contributed by atoms with Gasteiger partial charge in [0, 0.05) is 12.5 Å². The molecule has 5 rings (SSSR count). The lowest BCUT2D eigenvalue weighted by Gasteiger charge is -2.51. The van der Waals surface area contributed by atoms with Gasteiger partial charge in [0.2, 0.25) is 0 Å². The lowest BCUT2D eigenvalue weighted by atomic mass is 9.66. The van der Waals surface area contributed by atoms with Crippen molar-refractivity contribution in [2.45, 2.75) is 18.4 Å². The van der Waals surface area contributed by atoms with Crippen molar-refractivity contribution in [3.63, 3.8) is 0 Å². The SMILES string of the molecule is OC(c1ccsc1)(c1ccsc1)[C@@H]1CN2CCC1CC2. The summed E-state index contributed by atoms with van der Waals surface area (Å²) < 4.78 is 0. The summed E-state index contributed by atoms with van der Waals surface area (Å²) in [5, 5.41) is 20.1. The molecule has 3 aliphatic rings. The second-order valence-electron chi connectivity index (χ2n) is 6.03. The Kier molecular flexibility index (Phi) is 3.22. The molecular weight excluding hydrogens is 286 g/mol. The van der Waals surface area contributed by atoms with Gasteiger partial charge in [0.05, 0.1) is 0 Å². The molecule has 5 heterocycles. The predicted octanol–water partition coefficient (Wildman–Crippen LogP) is 3.39. The lowest BCUT2D eigenvalue weighted by Crippen LogP contribution is -2.55. The number of thiophene rings is 2. The zero-order chi connectivity index (χ0) is 13.6. The summed E-state index contributed by atoms with van der Waals surface area (Å²) in [7, 11) is 0. The molecule has 2 aromatic heterocycles. The van der Waals surface area contributed by atoms with Crippen molar-refractivity contribution in [2.75, 3.05) is 19.6 Å². The fraction of sp³-hybridized carbons (Fsp3) is 0.500. The van der Waals surface area contributed by atoms with Crippen LogP contribution >= 0.6 is 22.7 Å². The second-order valence-corrected chi connectivity index (χ2v) is 7.60. The maximum Gasteiger partial charge on any atom is 0.120 e.